The molecule has 0 aromatic rings. The van der Waals surface area contributed by atoms with Crippen LogP contribution in [0.2, 0.25) is 0 Å². The third-order valence-corrected chi connectivity index (χ3v) is 20.1. The monoisotopic (exact) mass is 1270 g/mol. The second-order valence-corrected chi connectivity index (χ2v) is 29.2. The maximum absolute atomic E-state index is 12.5. The number of ether oxygens (including phenoxy) is 1. The van der Waals surface area contributed by atoms with Gasteiger partial charge in [0.25, 0.3) is 0 Å². The number of aliphatic hydroxyl groups is 2. The predicted molar refractivity (Wildman–Crippen MR) is 398 cm³/mol. The molecule has 1 amide bonds. The van der Waals surface area contributed by atoms with Crippen molar-refractivity contribution in [2.24, 2.45) is 0 Å². The first-order valence-electron chi connectivity index (χ1n) is 42.0. The minimum Gasteiger partial charge on any atom is -0.466 e. The van der Waals surface area contributed by atoms with Crippen LogP contribution in [0.3, 0.4) is 0 Å². The molecule has 0 aliphatic rings. The summed E-state index contributed by atoms with van der Waals surface area (Å²) < 4.78 is 5.52. The molecule has 0 aliphatic carbocycles. The zero-order valence-corrected chi connectivity index (χ0v) is 61.7. The minimum atomic E-state index is -0.840. The van der Waals surface area contributed by atoms with E-state index in [9.17, 15) is 19.8 Å². The largest absolute Gasteiger partial charge is 0.466 e. The van der Waals surface area contributed by atoms with Gasteiger partial charge in [-0.2, -0.15) is 0 Å². The average molecular weight is 1270 g/mol. The first kappa shape index (κ1) is 88.6. The van der Waals surface area contributed by atoms with Crippen LogP contribution in [0, 0.1) is 0 Å². The Morgan fingerprint density at radius 2 is 0.511 bits per heavy atom. The van der Waals surface area contributed by atoms with Gasteiger partial charge in [-0.1, -0.05) is 456 Å². The molecular formula is C84H165NO5. The number of rotatable bonds is 80. The van der Waals surface area contributed by atoms with E-state index in [0.717, 1.165) is 38.5 Å². The van der Waals surface area contributed by atoms with E-state index in [0.29, 0.717) is 19.4 Å². The van der Waals surface area contributed by atoms with Crippen LogP contribution in [0.1, 0.15) is 489 Å². The van der Waals surface area contributed by atoms with Crippen molar-refractivity contribution in [1.29, 1.82) is 0 Å². The lowest BCUT2D eigenvalue weighted by Crippen LogP contribution is -2.45. The van der Waals surface area contributed by atoms with Gasteiger partial charge in [0.2, 0.25) is 5.91 Å². The fraction of sp³-hybridized carbons (Fsp3) is 0.952. The van der Waals surface area contributed by atoms with Crippen molar-refractivity contribution < 1.29 is 24.5 Å². The van der Waals surface area contributed by atoms with E-state index in [4.69, 9.17) is 4.74 Å². The van der Waals surface area contributed by atoms with Gasteiger partial charge in [0.15, 0.2) is 0 Å². The number of unbranched alkanes of at least 4 members (excludes halogenated alkanes) is 69. The van der Waals surface area contributed by atoms with Gasteiger partial charge >= 0.3 is 5.97 Å². The molecule has 0 rings (SSSR count). The van der Waals surface area contributed by atoms with Crippen LogP contribution in [0.15, 0.2) is 12.2 Å². The smallest absolute Gasteiger partial charge is 0.305 e. The van der Waals surface area contributed by atoms with Crippen molar-refractivity contribution in [2.75, 3.05) is 13.2 Å². The first-order chi connectivity index (χ1) is 44.5. The Bertz CT molecular complexity index is 1370. The zero-order chi connectivity index (χ0) is 64.9. The number of carbonyl (C=O) groups is 2. The summed E-state index contributed by atoms with van der Waals surface area (Å²) in [7, 11) is 0. The lowest BCUT2D eigenvalue weighted by atomic mass is 10.0. The van der Waals surface area contributed by atoms with Gasteiger partial charge in [-0.05, 0) is 32.1 Å². The molecule has 0 heterocycles. The number of allylic oxidation sites excluding steroid dienone is 1. The van der Waals surface area contributed by atoms with E-state index < -0.39 is 12.1 Å². The molecule has 536 valence electrons. The van der Waals surface area contributed by atoms with Crippen molar-refractivity contribution in [3.63, 3.8) is 0 Å². The molecule has 6 nitrogen and oxygen atoms in total. The summed E-state index contributed by atoms with van der Waals surface area (Å²) in [5.41, 5.74) is 0. The SMILES string of the molecule is CCCCCCCCCCCCCCCC/C=C/C(O)C(CO)NC(=O)CCCCCCCCCCCCCCCCCCCCCCCCCCCCCCCCCCCCCCCCCOC(=O)CCCCCCCCCCCCCCCCCCCC. The van der Waals surface area contributed by atoms with Crippen LogP contribution in [0.4, 0.5) is 0 Å². The Hall–Kier alpha value is -1.40. The molecule has 0 aliphatic heterocycles. The topological polar surface area (TPSA) is 95.9 Å². The van der Waals surface area contributed by atoms with E-state index in [1.807, 2.05) is 6.08 Å². The van der Waals surface area contributed by atoms with Crippen molar-refractivity contribution >= 4 is 11.9 Å². The summed E-state index contributed by atoms with van der Waals surface area (Å²) in [6.45, 7) is 4.97. The van der Waals surface area contributed by atoms with Crippen LogP contribution in [0.5, 0.6) is 0 Å². The van der Waals surface area contributed by atoms with E-state index in [1.54, 1.807) is 6.08 Å². The van der Waals surface area contributed by atoms with Gasteiger partial charge in [0.1, 0.15) is 0 Å². The van der Waals surface area contributed by atoms with Gasteiger partial charge in [-0.25, -0.2) is 0 Å². The van der Waals surface area contributed by atoms with E-state index >= 15 is 0 Å². The molecule has 0 saturated heterocycles. The average Bonchev–Trinajstić information content (AvgIpc) is 3.71. The number of carbonyl (C=O) groups excluding carboxylic acids is 2. The molecule has 0 radical (unpaired) electrons. The van der Waals surface area contributed by atoms with Gasteiger partial charge in [0, 0.05) is 12.8 Å². The molecule has 2 unspecified atom stereocenters. The number of hydrogen-bond acceptors (Lipinski definition) is 5. The highest BCUT2D eigenvalue weighted by molar-refractivity contribution is 5.76. The molecule has 2 atom stereocenters. The van der Waals surface area contributed by atoms with Crippen molar-refractivity contribution in [1.82, 2.24) is 5.32 Å². The number of nitrogens with one attached hydrogen (secondary N) is 1. The van der Waals surface area contributed by atoms with Crippen molar-refractivity contribution in [2.45, 2.75) is 501 Å². The number of esters is 1. The van der Waals surface area contributed by atoms with Gasteiger partial charge in [0.05, 0.1) is 25.4 Å². The maximum atomic E-state index is 12.5. The predicted octanol–water partition coefficient (Wildman–Crippen LogP) is 27.8. The van der Waals surface area contributed by atoms with Crippen LogP contribution >= 0.6 is 0 Å². The first-order valence-corrected chi connectivity index (χ1v) is 42.0. The van der Waals surface area contributed by atoms with E-state index in [-0.39, 0.29) is 18.5 Å². The highest BCUT2D eigenvalue weighted by atomic mass is 16.5. The molecule has 0 fully saturated rings. The summed E-state index contributed by atoms with van der Waals surface area (Å²) >= 11 is 0. The van der Waals surface area contributed by atoms with E-state index in [2.05, 4.69) is 19.2 Å². The zero-order valence-electron chi connectivity index (χ0n) is 61.7. The van der Waals surface area contributed by atoms with Gasteiger partial charge in [-0.15, -0.1) is 0 Å². The molecule has 6 heteroatoms. The Labute approximate surface area is 565 Å². The fourth-order valence-electron chi connectivity index (χ4n) is 13.7. The quantitative estimate of drug-likeness (QED) is 0.0320. The molecule has 3 N–H and O–H groups in total. The maximum Gasteiger partial charge on any atom is 0.305 e. The number of aliphatic hydroxyl groups excluding tert-OH is 2. The third kappa shape index (κ3) is 75.6. The summed E-state index contributed by atoms with van der Waals surface area (Å²) in [6.07, 6.45) is 102. The molecule has 90 heavy (non-hydrogen) atoms. The Kier molecular flexibility index (Phi) is 78.8. The molecular weight excluding hydrogens is 1100 g/mol. The lowest BCUT2D eigenvalue weighted by molar-refractivity contribution is -0.143. The van der Waals surface area contributed by atoms with Gasteiger partial charge < -0.3 is 20.3 Å². The minimum absolute atomic E-state index is 0.0296. The summed E-state index contributed by atoms with van der Waals surface area (Å²) in [5.74, 6) is -0.0282. The van der Waals surface area contributed by atoms with Crippen molar-refractivity contribution in [3.05, 3.63) is 12.2 Å². The highest BCUT2D eigenvalue weighted by Gasteiger charge is 2.18. The summed E-state index contributed by atoms with van der Waals surface area (Å²) in [6, 6.07) is -0.623. The van der Waals surface area contributed by atoms with E-state index in [1.165, 1.54) is 424 Å². The Balaban J connectivity index is 3.28. The standard InChI is InChI=1S/C84H165NO5/c1-3-5-7-9-11-13-15-17-19-21-46-50-54-58-62-66-70-74-78-84(89)90-79-75-71-67-63-59-55-51-47-44-42-40-38-36-34-32-30-28-26-24-22-23-25-27-29-31-33-35-37-39-41-43-45-49-53-57-61-65-69-73-77-83(88)85-81(80-86)82(87)76-72-68-64-60-56-52-48-20-18-16-14-12-10-8-6-4-2/h72,76,81-82,86-87H,3-71,73-75,77-80H2,1-2H3,(H,85,88)/b76-72+. The summed E-state index contributed by atoms with van der Waals surface area (Å²) in [5, 5.41) is 23.2. The summed E-state index contributed by atoms with van der Waals surface area (Å²) in [4.78, 5) is 24.6. The number of amides is 1. The van der Waals surface area contributed by atoms with Crippen LogP contribution in [-0.4, -0.2) is 47.4 Å². The fourth-order valence-corrected chi connectivity index (χ4v) is 13.7. The van der Waals surface area contributed by atoms with Crippen LogP contribution < -0.4 is 5.32 Å². The second kappa shape index (κ2) is 80.0. The Morgan fingerprint density at radius 1 is 0.300 bits per heavy atom. The van der Waals surface area contributed by atoms with Gasteiger partial charge in [-0.3, -0.25) is 9.59 Å². The lowest BCUT2D eigenvalue weighted by Gasteiger charge is -2.20. The molecule has 0 aromatic heterocycles. The molecule has 0 bridgehead atoms. The van der Waals surface area contributed by atoms with Crippen LogP contribution in [-0.2, 0) is 14.3 Å². The number of hydrogen-bond donors (Lipinski definition) is 3. The highest BCUT2D eigenvalue weighted by Crippen LogP contribution is 2.21. The van der Waals surface area contributed by atoms with Crippen molar-refractivity contribution in [3.8, 4) is 0 Å². The second-order valence-electron chi connectivity index (χ2n) is 29.2. The molecule has 0 aromatic carbocycles. The molecule has 0 spiro atoms. The Morgan fingerprint density at radius 3 is 0.756 bits per heavy atom. The third-order valence-electron chi connectivity index (χ3n) is 20.1. The molecule has 0 saturated carbocycles. The van der Waals surface area contributed by atoms with Crippen LogP contribution in [0.25, 0.3) is 0 Å². The normalized spacial score (nSPS) is 12.4.